The van der Waals surface area contributed by atoms with Crippen LogP contribution in [0.15, 0.2) is 45.5 Å². The van der Waals surface area contributed by atoms with Gasteiger partial charge in [0.1, 0.15) is 0 Å². The Kier molecular flexibility index (Phi) is 5.32. The smallest absolute Gasteiger partial charge is 0.297 e. The molecule has 2 heterocycles. The van der Waals surface area contributed by atoms with E-state index in [0.717, 1.165) is 29.0 Å². The minimum atomic E-state index is -0.0849. The molecule has 0 atom stereocenters. The van der Waals surface area contributed by atoms with Crippen molar-refractivity contribution in [1.82, 2.24) is 13.9 Å². The van der Waals surface area contributed by atoms with Crippen LogP contribution < -0.4 is 10.4 Å². The highest BCUT2D eigenvalue weighted by Gasteiger charge is 2.17. The summed E-state index contributed by atoms with van der Waals surface area (Å²) in [5, 5.41) is 2.12. The van der Waals surface area contributed by atoms with Crippen LogP contribution in [0.2, 0.25) is 0 Å². The maximum absolute atomic E-state index is 13.1. The van der Waals surface area contributed by atoms with E-state index >= 15 is 0 Å². The molecule has 138 valence electrons. The molecule has 0 fully saturated rings. The van der Waals surface area contributed by atoms with Crippen LogP contribution in [-0.2, 0) is 7.05 Å². The number of rotatable bonds is 5. The van der Waals surface area contributed by atoms with E-state index in [0.29, 0.717) is 11.7 Å². The number of aryl methyl sites for hydroxylation is 1. The second-order valence-electron chi connectivity index (χ2n) is 6.52. The Hall–Kier alpha value is -2.34. The van der Waals surface area contributed by atoms with Crippen molar-refractivity contribution in [3.05, 3.63) is 62.3 Å². The van der Waals surface area contributed by atoms with E-state index in [9.17, 15) is 4.79 Å². The number of benzene rings is 1. The average molecular weight is 371 g/mol. The van der Waals surface area contributed by atoms with Gasteiger partial charge in [0.2, 0.25) is 0 Å². The molecule has 0 spiro atoms. The molecule has 2 aromatic heterocycles. The largest absolute Gasteiger partial charge is 0.318 e. The van der Waals surface area contributed by atoms with E-state index in [2.05, 4.69) is 30.7 Å². The van der Waals surface area contributed by atoms with Crippen LogP contribution in [0.1, 0.15) is 44.1 Å². The van der Waals surface area contributed by atoms with Gasteiger partial charge >= 0.3 is 0 Å². The van der Waals surface area contributed by atoms with Gasteiger partial charge < -0.3 is 4.57 Å². The highest BCUT2D eigenvalue weighted by molar-refractivity contribution is 7.07. The van der Waals surface area contributed by atoms with Crippen LogP contribution in [0, 0.1) is 13.8 Å². The summed E-state index contributed by atoms with van der Waals surface area (Å²) in [6.07, 6.45) is 2.09. The number of hydrogen-bond acceptors (Lipinski definition) is 3. The molecule has 0 N–H and O–H groups in total. The molecule has 0 aliphatic carbocycles. The summed E-state index contributed by atoms with van der Waals surface area (Å²) >= 11 is 1.60. The van der Waals surface area contributed by atoms with Crippen molar-refractivity contribution < 1.29 is 0 Å². The molecule has 0 radical (unpaired) electrons. The molecule has 0 saturated carbocycles. The third kappa shape index (κ3) is 3.09. The van der Waals surface area contributed by atoms with Crippen molar-refractivity contribution in [2.24, 2.45) is 12.0 Å². The maximum atomic E-state index is 13.1. The molecule has 0 unspecified atom stereocenters. The fourth-order valence-corrected chi connectivity index (χ4v) is 4.30. The number of aromatic nitrogens is 3. The zero-order valence-electron chi connectivity index (χ0n) is 16.1. The Bertz CT molecular complexity index is 1020. The van der Waals surface area contributed by atoms with Crippen LogP contribution in [0.5, 0.6) is 0 Å². The highest BCUT2D eigenvalue weighted by Crippen LogP contribution is 2.20. The number of thiazole rings is 1. The minimum Gasteiger partial charge on any atom is -0.318 e. The summed E-state index contributed by atoms with van der Waals surface area (Å²) in [5.74, 6) is 0. The van der Waals surface area contributed by atoms with Crippen LogP contribution in [0.4, 0.5) is 5.69 Å². The number of para-hydroxylation sites is 1. The van der Waals surface area contributed by atoms with Crippen molar-refractivity contribution >= 4 is 17.0 Å². The molecule has 0 amide bonds. The van der Waals surface area contributed by atoms with Gasteiger partial charge in [-0.25, -0.2) is 9.67 Å². The van der Waals surface area contributed by atoms with E-state index in [1.165, 1.54) is 5.69 Å². The van der Waals surface area contributed by atoms with E-state index in [-0.39, 0.29) is 5.56 Å². The first-order valence-electron chi connectivity index (χ1n) is 9.04. The fraction of sp³-hybridized carbons (Fsp3) is 0.400. The molecular formula is C20H26N4OS. The second kappa shape index (κ2) is 7.50. The summed E-state index contributed by atoms with van der Waals surface area (Å²) in [5.41, 5.74) is 3.33. The van der Waals surface area contributed by atoms with Gasteiger partial charge in [-0.2, -0.15) is 0 Å². The van der Waals surface area contributed by atoms with Crippen LogP contribution in [-0.4, -0.2) is 13.9 Å². The Balaban J connectivity index is 2.22. The molecule has 0 bridgehead atoms. The van der Waals surface area contributed by atoms with Gasteiger partial charge in [0.15, 0.2) is 10.5 Å². The monoisotopic (exact) mass is 370 g/mol. The van der Waals surface area contributed by atoms with Crippen LogP contribution >= 0.6 is 11.3 Å². The Morgan fingerprint density at radius 2 is 1.77 bits per heavy atom. The summed E-state index contributed by atoms with van der Waals surface area (Å²) in [6, 6.07) is 10.1. The van der Waals surface area contributed by atoms with E-state index in [1.807, 2.05) is 49.0 Å². The summed E-state index contributed by atoms with van der Waals surface area (Å²) in [7, 11) is 1.90. The quantitative estimate of drug-likeness (QED) is 0.662. The molecule has 26 heavy (non-hydrogen) atoms. The topological polar surface area (TPSA) is 44.2 Å². The second-order valence-corrected chi connectivity index (χ2v) is 7.36. The lowest BCUT2D eigenvalue weighted by Gasteiger charge is -2.16. The van der Waals surface area contributed by atoms with E-state index in [4.69, 9.17) is 4.99 Å². The van der Waals surface area contributed by atoms with Gasteiger partial charge in [0, 0.05) is 24.2 Å². The summed E-state index contributed by atoms with van der Waals surface area (Å²) in [4.78, 5) is 18.8. The number of hydrogen-bond donors (Lipinski definition) is 0. The lowest BCUT2D eigenvalue weighted by atomic mass is 10.1. The molecule has 3 aromatic rings. The predicted molar refractivity (Wildman–Crippen MR) is 108 cm³/mol. The molecule has 1 aromatic carbocycles. The van der Waals surface area contributed by atoms with Gasteiger partial charge in [-0.15, -0.1) is 11.3 Å². The Morgan fingerprint density at radius 3 is 2.38 bits per heavy atom. The highest BCUT2D eigenvalue weighted by atomic mass is 32.1. The molecule has 0 aliphatic heterocycles. The average Bonchev–Trinajstić information content (AvgIpc) is 3.10. The predicted octanol–water partition coefficient (Wildman–Crippen LogP) is 4.25. The van der Waals surface area contributed by atoms with Crippen LogP contribution in [0.25, 0.3) is 5.69 Å². The van der Waals surface area contributed by atoms with Crippen molar-refractivity contribution in [3.8, 4) is 5.69 Å². The normalized spacial score (nSPS) is 12.3. The Labute approximate surface area is 157 Å². The molecule has 5 nitrogen and oxygen atoms in total. The van der Waals surface area contributed by atoms with Gasteiger partial charge in [0.05, 0.1) is 11.4 Å². The standard InChI is InChI=1S/C20H26N4OS/c1-6-16(7-2)23-14(3)13-26-20(23)21-18-15(4)22(5)24(19(18)25)17-11-9-8-10-12-17/h8-13,16H,6-7H2,1-5H3. The first-order chi connectivity index (χ1) is 12.5. The van der Waals surface area contributed by atoms with E-state index in [1.54, 1.807) is 16.0 Å². The van der Waals surface area contributed by atoms with Crippen molar-refractivity contribution in [3.63, 3.8) is 0 Å². The fourth-order valence-electron chi connectivity index (χ4n) is 3.36. The first kappa shape index (κ1) is 18.5. The number of nitrogens with zero attached hydrogens (tertiary/aromatic N) is 4. The molecule has 3 rings (SSSR count). The van der Waals surface area contributed by atoms with E-state index < -0.39 is 0 Å². The lowest BCUT2D eigenvalue weighted by molar-refractivity contribution is 0.453. The van der Waals surface area contributed by atoms with Crippen molar-refractivity contribution in [1.29, 1.82) is 0 Å². The van der Waals surface area contributed by atoms with Gasteiger partial charge in [0.25, 0.3) is 5.56 Å². The SMILES string of the molecule is CCC(CC)n1c(C)csc1=Nc1c(C)n(C)n(-c2ccccc2)c1=O. The third-order valence-corrected chi connectivity index (χ3v) is 5.92. The van der Waals surface area contributed by atoms with Crippen LogP contribution in [0.3, 0.4) is 0 Å². The van der Waals surface area contributed by atoms with Crippen molar-refractivity contribution in [2.75, 3.05) is 0 Å². The molecule has 6 heteroatoms. The van der Waals surface area contributed by atoms with Gasteiger partial charge in [-0.05, 0) is 38.8 Å². The summed E-state index contributed by atoms with van der Waals surface area (Å²) < 4.78 is 5.82. The van der Waals surface area contributed by atoms with Gasteiger partial charge in [-0.3, -0.25) is 9.48 Å². The van der Waals surface area contributed by atoms with Gasteiger partial charge in [-0.1, -0.05) is 32.0 Å². The Morgan fingerprint density at radius 1 is 1.12 bits per heavy atom. The zero-order chi connectivity index (χ0) is 18.8. The zero-order valence-corrected chi connectivity index (χ0v) is 16.9. The lowest BCUT2D eigenvalue weighted by Crippen LogP contribution is -2.22. The molecule has 0 saturated heterocycles. The first-order valence-corrected chi connectivity index (χ1v) is 9.92. The maximum Gasteiger partial charge on any atom is 0.297 e. The van der Waals surface area contributed by atoms with Crippen molar-refractivity contribution in [2.45, 2.75) is 46.6 Å². The third-order valence-electron chi connectivity index (χ3n) is 4.96. The minimum absolute atomic E-state index is 0.0849. The molecule has 0 aliphatic rings. The molecular weight excluding hydrogens is 344 g/mol. The summed E-state index contributed by atoms with van der Waals surface area (Å²) in [6.45, 7) is 8.44.